The van der Waals surface area contributed by atoms with Gasteiger partial charge in [0.1, 0.15) is 0 Å². The molecule has 0 aliphatic heterocycles. The van der Waals surface area contributed by atoms with Crippen LogP contribution in [0.3, 0.4) is 0 Å². The molecule has 0 aromatic heterocycles. The van der Waals surface area contributed by atoms with Gasteiger partial charge in [-0.3, -0.25) is 0 Å². The summed E-state index contributed by atoms with van der Waals surface area (Å²) in [5.74, 6) is -0.0419. The van der Waals surface area contributed by atoms with Gasteiger partial charge in [-0.2, -0.15) is 0 Å². The molecule has 110 valence electrons. The van der Waals surface area contributed by atoms with Gasteiger partial charge in [0.05, 0.1) is 11.3 Å². The lowest BCUT2D eigenvalue weighted by atomic mass is 10.1. The number of hydrogen-bond donors (Lipinski definition) is 2. The molecule has 0 unspecified atom stereocenters. The molecule has 2 N–H and O–H groups in total. The van der Waals surface area contributed by atoms with Gasteiger partial charge in [-0.15, -0.1) is 11.8 Å². The number of aryl methyl sites for hydroxylation is 1. The van der Waals surface area contributed by atoms with Gasteiger partial charge in [-0.1, -0.05) is 42.8 Å². The Morgan fingerprint density at radius 3 is 2.52 bits per heavy atom. The third-order valence-corrected chi connectivity index (χ3v) is 4.08. The number of carbonyl (C=O) groups is 1. The molecule has 0 amide bonds. The molecular formula is C17H19NO2S. The largest absolute Gasteiger partial charge is 0.478 e. The Labute approximate surface area is 129 Å². The van der Waals surface area contributed by atoms with Crippen LogP contribution in [0.1, 0.15) is 28.4 Å². The minimum Gasteiger partial charge on any atom is -0.478 e. The number of hydrogen-bond acceptors (Lipinski definition) is 3. The van der Waals surface area contributed by atoms with Gasteiger partial charge in [0.25, 0.3) is 0 Å². The summed E-state index contributed by atoms with van der Waals surface area (Å²) in [4.78, 5) is 12.3. The summed E-state index contributed by atoms with van der Waals surface area (Å²) < 4.78 is 0. The van der Waals surface area contributed by atoms with Crippen molar-refractivity contribution >= 4 is 23.4 Å². The minimum atomic E-state index is -0.891. The molecule has 0 saturated carbocycles. The van der Waals surface area contributed by atoms with Crippen molar-refractivity contribution in [1.29, 1.82) is 0 Å². The van der Waals surface area contributed by atoms with Crippen LogP contribution in [0.25, 0.3) is 0 Å². The van der Waals surface area contributed by atoms with Crippen LogP contribution in [-0.4, -0.2) is 16.8 Å². The third-order valence-electron chi connectivity index (χ3n) is 3.14. The number of nitrogens with one attached hydrogen (secondary N) is 1. The Morgan fingerprint density at radius 2 is 1.90 bits per heavy atom. The van der Waals surface area contributed by atoms with E-state index < -0.39 is 5.97 Å². The molecule has 3 nitrogen and oxygen atoms in total. The van der Waals surface area contributed by atoms with E-state index in [9.17, 15) is 9.90 Å². The van der Waals surface area contributed by atoms with Crippen molar-refractivity contribution < 1.29 is 9.90 Å². The maximum Gasteiger partial charge on any atom is 0.338 e. The van der Waals surface area contributed by atoms with Gasteiger partial charge in [-0.25, -0.2) is 4.79 Å². The second-order valence-corrected chi connectivity index (χ2v) is 6.06. The zero-order chi connectivity index (χ0) is 15.2. The smallest absolute Gasteiger partial charge is 0.338 e. The van der Waals surface area contributed by atoms with E-state index in [1.807, 2.05) is 44.2 Å². The number of benzene rings is 2. The second kappa shape index (κ2) is 7.18. The molecular weight excluding hydrogens is 282 g/mol. The van der Waals surface area contributed by atoms with Gasteiger partial charge < -0.3 is 10.4 Å². The summed E-state index contributed by atoms with van der Waals surface area (Å²) in [6.07, 6.45) is 0. The van der Waals surface area contributed by atoms with Gasteiger partial charge in [0.2, 0.25) is 0 Å². The molecule has 4 heteroatoms. The first-order valence-electron chi connectivity index (χ1n) is 6.90. The predicted octanol–water partition coefficient (Wildman–Crippen LogP) is 4.42. The normalized spacial score (nSPS) is 10.4. The molecule has 0 aliphatic carbocycles. The number of carboxylic acid groups (broad SMARTS) is 1. The van der Waals surface area contributed by atoms with Crippen LogP contribution in [-0.2, 0) is 6.54 Å². The monoisotopic (exact) mass is 301 g/mol. The van der Waals surface area contributed by atoms with Crippen LogP contribution < -0.4 is 5.32 Å². The molecule has 0 fully saturated rings. The molecule has 0 radical (unpaired) electrons. The van der Waals surface area contributed by atoms with Crippen LogP contribution in [0.15, 0.2) is 47.4 Å². The summed E-state index contributed by atoms with van der Waals surface area (Å²) in [5.41, 5.74) is 3.37. The highest BCUT2D eigenvalue weighted by molar-refractivity contribution is 7.99. The fourth-order valence-electron chi connectivity index (χ4n) is 2.08. The molecule has 21 heavy (non-hydrogen) atoms. The second-order valence-electron chi connectivity index (χ2n) is 4.76. The van der Waals surface area contributed by atoms with Crippen LogP contribution in [0, 0.1) is 6.92 Å². The number of thioether (sulfide) groups is 1. The third kappa shape index (κ3) is 4.02. The first-order chi connectivity index (χ1) is 10.1. The molecule has 0 heterocycles. The van der Waals surface area contributed by atoms with Crippen LogP contribution in [0.4, 0.5) is 5.69 Å². The van der Waals surface area contributed by atoms with Gasteiger partial charge in [-0.05, 0) is 30.4 Å². The summed E-state index contributed by atoms with van der Waals surface area (Å²) in [6, 6.07) is 13.8. The van der Waals surface area contributed by atoms with Crippen molar-refractivity contribution in [3.05, 3.63) is 59.2 Å². The van der Waals surface area contributed by atoms with E-state index in [2.05, 4.69) is 17.4 Å². The van der Waals surface area contributed by atoms with Crippen LogP contribution in [0.5, 0.6) is 0 Å². The zero-order valence-electron chi connectivity index (χ0n) is 12.2. The summed E-state index contributed by atoms with van der Waals surface area (Å²) in [6.45, 7) is 4.68. The lowest BCUT2D eigenvalue weighted by Crippen LogP contribution is -2.08. The van der Waals surface area contributed by atoms with Gasteiger partial charge in [0.15, 0.2) is 0 Å². The Hall–Kier alpha value is -1.94. The summed E-state index contributed by atoms with van der Waals surface area (Å²) >= 11 is 1.55. The van der Waals surface area contributed by atoms with E-state index in [1.54, 1.807) is 11.8 Å². The van der Waals surface area contributed by atoms with E-state index in [0.29, 0.717) is 17.8 Å². The Morgan fingerprint density at radius 1 is 1.19 bits per heavy atom. The molecule has 0 spiro atoms. The maximum absolute atomic E-state index is 11.5. The minimum absolute atomic E-state index is 0.358. The predicted molar refractivity (Wildman–Crippen MR) is 88.3 cm³/mol. The van der Waals surface area contributed by atoms with Crippen molar-refractivity contribution in [3.8, 4) is 0 Å². The lowest BCUT2D eigenvalue weighted by Gasteiger charge is -2.13. The zero-order valence-corrected chi connectivity index (χ0v) is 13.0. The highest BCUT2D eigenvalue weighted by atomic mass is 32.2. The number of anilines is 1. The molecule has 0 aliphatic rings. The fourth-order valence-corrected chi connectivity index (χ4v) is 2.91. The first-order valence-corrected chi connectivity index (χ1v) is 7.89. The van der Waals surface area contributed by atoms with E-state index in [-0.39, 0.29) is 0 Å². The lowest BCUT2D eigenvalue weighted by molar-refractivity contribution is 0.0694. The Balaban J connectivity index is 2.21. The number of rotatable bonds is 6. The first kappa shape index (κ1) is 15.4. The Kier molecular flexibility index (Phi) is 5.28. The van der Waals surface area contributed by atoms with E-state index in [4.69, 9.17) is 0 Å². The van der Waals surface area contributed by atoms with E-state index >= 15 is 0 Å². The highest BCUT2D eigenvalue weighted by Crippen LogP contribution is 2.29. The average molecular weight is 301 g/mol. The summed E-state index contributed by atoms with van der Waals surface area (Å²) in [5, 5.41) is 12.7. The molecule has 2 aromatic carbocycles. The van der Waals surface area contributed by atoms with Gasteiger partial charge >= 0.3 is 5.97 Å². The van der Waals surface area contributed by atoms with Crippen molar-refractivity contribution in [2.24, 2.45) is 0 Å². The number of carboxylic acids is 1. The fraction of sp³-hybridized carbons (Fsp3) is 0.235. The van der Waals surface area contributed by atoms with Crippen molar-refractivity contribution in [2.45, 2.75) is 25.3 Å². The standard InChI is InChI=1S/C17H19NO2S/c1-3-21-15-6-4-5-14(16(15)17(19)20)18-11-13-9-7-12(2)8-10-13/h4-10,18H,3,11H2,1-2H3,(H,19,20). The summed E-state index contributed by atoms with van der Waals surface area (Å²) in [7, 11) is 0. The maximum atomic E-state index is 11.5. The quantitative estimate of drug-likeness (QED) is 0.776. The SMILES string of the molecule is CCSc1cccc(NCc2ccc(C)cc2)c1C(=O)O. The molecule has 0 saturated heterocycles. The average Bonchev–Trinajstić information content (AvgIpc) is 2.47. The van der Waals surface area contributed by atoms with E-state index in [1.165, 1.54) is 5.56 Å². The molecule has 2 aromatic rings. The Bertz CT molecular complexity index is 623. The van der Waals surface area contributed by atoms with Crippen LogP contribution in [0.2, 0.25) is 0 Å². The highest BCUT2D eigenvalue weighted by Gasteiger charge is 2.15. The topological polar surface area (TPSA) is 49.3 Å². The van der Waals surface area contributed by atoms with E-state index in [0.717, 1.165) is 16.2 Å². The van der Waals surface area contributed by atoms with Crippen molar-refractivity contribution in [2.75, 3.05) is 11.1 Å². The molecule has 0 atom stereocenters. The van der Waals surface area contributed by atoms with Crippen molar-refractivity contribution in [1.82, 2.24) is 0 Å². The molecule has 2 rings (SSSR count). The molecule has 0 bridgehead atoms. The van der Waals surface area contributed by atoms with Crippen LogP contribution >= 0.6 is 11.8 Å². The number of aromatic carboxylic acids is 1. The van der Waals surface area contributed by atoms with Crippen molar-refractivity contribution in [3.63, 3.8) is 0 Å². The van der Waals surface area contributed by atoms with Gasteiger partial charge in [0, 0.05) is 11.4 Å².